The number of hydrogen-bond donors (Lipinski definition) is 0. The summed E-state index contributed by atoms with van der Waals surface area (Å²) in [6.45, 7) is 4.38. The van der Waals surface area contributed by atoms with Gasteiger partial charge in [0.15, 0.2) is 0 Å². The summed E-state index contributed by atoms with van der Waals surface area (Å²) in [5, 5.41) is 11.4. The molecule has 0 amide bonds. The van der Waals surface area contributed by atoms with Gasteiger partial charge in [-0.25, -0.2) is 8.42 Å². The molecule has 2 aromatic rings. The monoisotopic (exact) mass is 426 g/mol. The lowest BCUT2D eigenvalue weighted by Crippen LogP contribution is -2.37. The van der Waals surface area contributed by atoms with Gasteiger partial charge in [-0.1, -0.05) is 17.7 Å². The van der Waals surface area contributed by atoms with Gasteiger partial charge in [0.05, 0.1) is 21.6 Å². The Morgan fingerprint density at radius 1 is 1.25 bits per heavy atom. The number of anilines is 1. The van der Waals surface area contributed by atoms with Crippen molar-refractivity contribution in [3.63, 3.8) is 0 Å². The van der Waals surface area contributed by atoms with Gasteiger partial charge in [-0.3, -0.25) is 19.2 Å². The Morgan fingerprint density at radius 3 is 2.50 bits per heavy atom. The normalized spacial score (nSPS) is 11.3. The minimum atomic E-state index is -4.29. The van der Waals surface area contributed by atoms with Crippen LogP contribution >= 0.6 is 11.6 Å². The number of sulfonamides is 1. The number of ether oxygens (including phenoxy) is 1. The van der Waals surface area contributed by atoms with Gasteiger partial charge in [0.2, 0.25) is 0 Å². The van der Waals surface area contributed by atoms with Crippen LogP contribution < -0.4 is 4.31 Å². The lowest BCUT2D eigenvalue weighted by atomic mass is 10.2. The molecule has 0 atom stereocenters. The number of rotatable bonds is 7. The Labute approximate surface area is 167 Å². The van der Waals surface area contributed by atoms with Gasteiger partial charge in [0.1, 0.15) is 6.54 Å². The van der Waals surface area contributed by atoms with Crippen LogP contribution in [0.3, 0.4) is 0 Å². The summed E-state index contributed by atoms with van der Waals surface area (Å²) in [6.07, 6.45) is -0.429. The molecule has 150 valence electrons. The fraction of sp³-hybridized carbons (Fsp3) is 0.278. The number of nitro benzene ring substituents is 1. The smallest absolute Gasteiger partial charge is 0.327 e. The molecule has 0 saturated carbocycles. The molecule has 0 unspecified atom stereocenters. The number of esters is 1. The maximum Gasteiger partial charge on any atom is 0.327 e. The van der Waals surface area contributed by atoms with Crippen molar-refractivity contribution in [1.82, 2.24) is 0 Å². The number of hydrogen-bond acceptors (Lipinski definition) is 6. The molecule has 0 N–H and O–H groups in total. The Morgan fingerprint density at radius 2 is 1.93 bits per heavy atom. The van der Waals surface area contributed by atoms with E-state index in [1.165, 1.54) is 36.4 Å². The van der Waals surface area contributed by atoms with E-state index in [-0.39, 0.29) is 16.3 Å². The van der Waals surface area contributed by atoms with E-state index in [0.717, 1.165) is 10.4 Å². The highest BCUT2D eigenvalue weighted by atomic mass is 35.5. The summed E-state index contributed by atoms with van der Waals surface area (Å²) in [7, 11) is -4.29. The lowest BCUT2D eigenvalue weighted by molar-refractivity contribution is -0.385. The molecular formula is C18H19ClN2O6S. The van der Waals surface area contributed by atoms with Gasteiger partial charge < -0.3 is 4.74 Å². The van der Waals surface area contributed by atoms with Crippen LogP contribution in [-0.4, -0.2) is 32.0 Å². The number of nitro groups is 1. The number of carbonyl (C=O) groups excluding carboxylic acids is 1. The van der Waals surface area contributed by atoms with Crippen LogP contribution in [0.15, 0.2) is 47.4 Å². The highest BCUT2D eigenvalue weighted by Gasteiger charge is 2.29. The van der Waals surface area contributed by atoms with E-state index in [2.05, 4.69) is 0 Å². The van der Waals surface area contributed by atoms with Crippen LogP contribution in [0.1, 0.15) is 19.4 Å². The third-order valence-electron chi connectivity index (χ3n) is 3.69. The van der Waals surface area contributed by atoms with Crippen molar-refractivity contribution in [2.24, 2.45) is 0 Å². The molecule has 0 aliphatic carbocycles. The van der Waals surface area contributed by atoms with Crippen molar-refractivity contribution < 1.29 is 22.9 Å². The van der Waals surface area contributed by atoms with Crippen molar-refractivity contribution in [3.8, 4) is 0 Å². The summed E-state index contributed by atoms with van der Waals surface area (Å²) in [5.41, 5.74) is 0.419. The van der Waals surface area contributed by atoms with E-state index in [9.17, 15) is 23.3 Å². The molecule has 0 saturated heterocycles. The summed E-state index contributed by atoms with van der Waals surface area (Å²) < 4.78 is 32.3. The number of carbonyl (C=O) groups is 1. The topological polar surface area (TPSA) is 107 Å². The first-order valence-electron chi connectivity index (χ1n) is 8.25. The number of benzene rings is 2. The molecule has 0 aromatic heterocycles. The Bertz CT molecular complexity index is 1010. The highest BCUT2D eigenvalue weighted by Crippen LogP contribution is 2.29. The van der Waals surface area contributed by atoms with E-state index < -0.39 is 33.6 Å². The lowest BCUT2D eigenvalue weighted by Gasteiger charge is -2.24. The van der Waals surface area contributed by atoms with Gasteiger partial charge in [-0.2, -0.15) is 0 Å². The zero-order chi connectivity index (χ0) is 21.1. The van der Waals surface area contributed by atoms with Crippen LogP contribution in [-0.2, 0) is 19.6 Å². The molecular weight excluding hydrogens is 408 g/mol. The van der Waals surface area contributed by atoms with E-state index in [1.54, 1.807) is 20.8 Å². The van der Waals surface area contributed by atoms with Gasteiger partial charge >= 0.3 is 5.97 Å². The summed E-state index contributed by atoms with van der Waals surface area (Å²) in [5.74, 6) is -0.753. The quantitative estimate of drug-likeness (QED) is 0.379. The highest BCUT2D eigenvalue weighted by molar-refractivity contribution is 7.92. The van der Waals surface area contributed by atoms with Crippen molar-refractivity contribution in [3.05, 3.63) is 63.2 Å². The van der Waals surface area contributed by atoms with E-state index in [0.29, 0.717) is 10.6 Å². The Kier molecular flexibility index (Phi) is 6.63. The molecule has 28 heavy (non-hydrogen) atoms. The molecule has 0 radical (unpaired) electrons. The SMILES string of the molecule is Cc1cc(N(CC(=O)OC(C)C)S(=O)(=O)c2cccc([N+](=O)[O-])c2)ccc1Cl. The molecule has 8 nitrogen and oxygen atoms in total. The maximum absolute atomic E-state index is 13.2. The predicted molar refractivity (Wildman–Crippen MR) is 105 cm³/mol. The fourth-order valence-corrected chi connectivity index (χ4v) is 3.96. The zero-order valence-electron chi connectivity index (χ0n) is 15.5. The summed E-state index contributed by atoms with van der Waals surface area (Å²) in [4.78, 5) is 22.2. The summed E-state index contributed by atoms with van der Waals surface area (Å²) >= 11 is 6.01. The van der Waals surface area contributed by atoms with Gasteiger partial charge in [-0.05, 0) is 50.6 Å². The number of halogens is 1. The molecule has 0 spiro atoms. The molecule has 0 aliphatic heterocycles. The first-order valence-corrected chi connectivity index (χ1v) is 10.1. The largest absolute Gasteiger partial charge is 0.462 e. The fourth-order valence-electron chi connectivity index (χ4n) is 2.40. The van der Waals surface area contributed by atoms with Crippen LogP contribution in [0.25, 0.3) is 0 Å². The first kappa shape index (κ1) is 21.6. The van der Waals surface area contributed by atoms with Crippen LogP contribution in [0.4, 0.5) is 11.4 Å². The zero-order valence-corrected chi connectivity index (χ0v) is 17.0. The number of nitrogens with zero attached hydrogens (tertiary/aromatic N) is 2. The second-order valence-electron chi connectivity index (χ2n) is 6.24. The third-order valence-corrected chi connectivity index (χ3v) is 5.88. The molecule has 2 rings (SSSR count). The van der Waals surface area contributed by atoms with E-state index in [4.69, 9.17) is 16.3 Å². The molecule has 0 fully saturated rings. The second-order valence-corrected chi connectivity index (χ2v) is 8.51. The third kappa shape index (κ3) is 4.99. The van der Waals surface area contributed by atoms with Crippen molar-refractivity contribution in [2.75, 3.05) is 10.8 Å². The predicted octanol–water partition coefficient (Wildman–Crippen LogP) is 3.70. The standard InChI is InChI=1S/C18H19ClN2O6S/c1-12(2)27-18(22)11-20(14-7-8-17(19)13(3)9-14)28(25,26)16-6-4-5-15(10-16)21(23)24/h4-10,12H,11H2,1-3H3. The number of non-ortho nitro benzene ring substituents is 1. The van der Waals surface area contributed by atoms with Crippen molar-refractivity contribution >= 4 is 39.0 Å². The number of aryl methyl sites for hydroxylation is 1. The van der Waals surface area contributed by atoms with Crippen LogP contribution in [0.2, 0.25) is 5.02 Å². The molecule has 0 heterocycles. The molecule has 0 aliphatic rings. The van der Waals surface area contributed by atoms with E-state index >= 15 is 0 Å². The average molecular weight is 427 g/mol. The van der Waals surface area contributed by atoms with E-state index in [1.807, 2.05) is 0 Å². The van der Waals surface area contributed by atoms with Crippen LogP contribution in [0.5, 0.6) is 0 Å². The Balaban J connectivity index is 2.55. The first-order chi connectivity index (χ1) is 13.0. The second kappa shape index (κ2) is 8.57. The maximum atomic E-state index is 13.2. The average Bonchev–Trinajstić information content (AvgIpc) is 2.61. The molecule has 2 aromatic carbocycles. The summed E-state index contributed by atoms with van der Waals surface area (Å²) in [6, 6.07) is 9.10. The van der Waals surface area contributed by atoms with Gasteiger partial charge in [0.25, 0.3) is 15.7 Å². The van der Waals surface area contributed by atoms with Gasteiger partial charge in [0, 0.05) is 17.2 Å². The van der Waals surface area contributed by atoms with Crippen molar-refractivity contribution in [1.29, 1.82) is 0 Å². The molecule has 10 heteroatoms. The minimum Gasteiger partial charge on any atom is -0.462 e. The van der Waals surface area contributed by atoms with Gasteiger partial charge in [-0.15, -0.1) is 0 Å². The molecule has 0 bridgehead atoms. The Hall–Kier alpha value is -2.65. The van der Waals surface area contributed by atoms with Crippen LogP contribution in [0, 0.1) is 17.0 Å². The minimum absolute atomic E-state index is 0.189. The van der Waals surface area contributed by atoms with Crippen molar-refractivity contribution in [2.45, 2.75) is 31.8 Å².